The molecule has 3 rings (SSSR count). The molecule has 1 aliphatic carbocycles. The van der Waals surface area contributed by atoms with E-state index in [0.29, 0.717) is 6.54 Å². The first-order valence-corrected chi connectivity index (χ1v) is 10.1. The van der Waals surface area contributed by atoms with Crippen molar-refractivity contribution in [2.45, 2.75) is 70.4 Å². The highest BCUT2D eigenvalue weighted by molar-refractivity contribution is 7.12. The van der Waals surface area contributed by atoms with Gasteiger partial charge in [-0.3, -0.25) is 4.90 Å². The molecule has 1 aromatic rings. The summed E-state index contributed by atoms with van der Waals surface area (Å²) in [5.74, 6) is 0.798. The minimum atomic E-state index is -0.407. The molecule has 1 aliphatic heterocycles. The molecule has 0 radical (unpaired) electrons. The fraction of sp³-hybridized carbons (Fsp3) is 0.789. The van der Waals surface area contributed by atoms with Crippen LogP contribution in [-0.4, -0.2) is 40.9 Å². The smallest absolute Gasteiger partial charge is 0.0745 e. The lowest BCUT2D eigenvalue weighted by molar-refractivity contribution is -0.0800. The summed E-state index contributed by atoms with van der Waals surface area (Å²) >= 11 is 1.97. The number of nitrogens with zero attached hydrogens (tertiary/aromatic N) is 1. The Morgan fingerprint density at radius 2 is 2.09 bits per heavy atom. The normalized spacial score (nSPS) is 30.1. The average Bonchev–Trinajstić information content (AvgIpc) is 3.21. The van der Waals surface area contributed by atoms with E-state index in [-0.39, 0.29) is 12.0 Å². The molecular formula is C19H31NO2S. The molecule has 2 atom stereocenters. The van der Waals surface area contributed by atoms with Gasteiger partial charge in [0.2, 0.25) is 0 Å². The topological polar surface area (TPSA) is 43.7 Å². The maximum absolute atomic E-state index is 10.6. The minimum absolute atomic E-state index is 0.112. The third kappa shape index (κ3) is 3.81. The first kappa shape index (κ1) is 17.4. The molecule has 1 aromatic heterocycles. The fourth-order valence-corrected chi connectivity index (χ4v) is 5.63. The molecule has 3 nitrogen and oxygen atoms in total. The number of hydrogen-bond acceptors (Lipinski definition) is 4. The summed E-state index contributed by atoms with van der Waals surface area (Å²) in [6.45, 7) is 4.86. The highest BCUT2D eigenvalue weighted by Gasteiger charge is 2.41. The number of β-amino-alcohol motifs (C(OH)–C–C–N with tert-alkyl or cyclic N) is 1. The SMILES string of the molecule is CCC[C@]1(CO)CCN(Cc2ccc(C3CCCC3)s2)C[C@@H]1O. The lowest BCUT2D eigenvalue weighted by atomic mass is 9.73. The molecule has 0 amide bonds. The van der Waals surface area contributed by atoms with Gasteiger partial charge < -0.3 is 10.2 Å². The van der Waals surface area contributed by atoms with Crippen LogP contribution in [0, 0.1) is 5.41 Å². The monoisotopic (exact) mass is 337 g/mol. The van der Waals surface area contributed by atoms with Crippen LogP contribution in [0.1, 0.15) is 67.5 Å². The van der Waals surface area contributed by atoms with E-state index in [1.807, 2.05) is 11.3 Å². The summed E-state index contributed by atoms with van der Waals surface area (Å²) in [7, 11) is 0. The predicted octanol–water partition coefficient (Wildman–Crippen LogP) is 3.75. The lowest BCUT2D eigenvalue weighted by Gasteiger charge is -2.44. The predicted molar refractivity (Wildman–Crippen MR) is 95.9 cm³/mol. The van der Waals surface area contributed by atoms with Gasteiger partial charge in [0, 0.05) is 28.3 Å². The van der Waals surface area contributed by atoms with E-state index in [2.05, 4.69) is 24.0 Å². The van der Waals surface area contributed by atoms with Crippen LogP contribution in [0.25, 0.3) is 0 Å². The number of hydrogen-bond donors (Lipinski definition) is 2. The van der Waals surface area contributed by atoms with Crippen LogP contribution < -0.4 is 0 Å². The lowest BCUT2D eigenvalue weighted by Crippen LogP contribution is -2.52. The van der Waals surface area contributed by atoms with Crippen molar-refractivity contribution < 1.29 is 10.2 Å². The molecule has 1 saturated heterocycles. The van der Waals surface area contributed by atoms with E-state index in [0.717, 1.165) is 38.3 Å². The number of aliphatic hydroxyl groups is 2. The van der Waals surface area contributed by atoms with Crippen molar-refractivity contribution in [1.29, 1.82) is 0 Å². The maximum Gasteiger partial charge on any atom is 0.0745 e. The molecule has 2 fully saturated rings. The van der Waals surface area contributed by atoms with Crippen molar-refractivity contribution >= 4 is 11.3 Å². The number of rotatable bonds is 6. The summed E-state index contributed by atoms with van der Waals surface area (Å²) in [6.07, 6.45) is 7.93. The van der Waals surface area contributed by atoms with Gasteiger partial charge in [0.15, 0.2) is 0 Å². The van der Waals surface area contributed by atoms with Crippen molar-refractivity contribution in [1.82, 2.24) is 4.90 Å². The van der Waals surface area contributed by atoms with Crippen LogP contribution in [0.2, 0.25) is 0 Å². The van der Waals surface area contributed by atoms with E-state index in [4.69, 9.17) is 0 Å². The quantitative estimate of drug-likeness (QED) is 0.831. The van der Waals surface area contributed by atoms with E-state index in [9.17, 15) is 10.2 Å². The molecule has 0 spiro atoms. The first-order chi connectivity index (χ1) is 11.2. The molecule has 2 aliphatic rings. The van der Waals surface area contributed by atoms with Gasteiger partial charge in [0.05, 0.1) is 12.7 Å². The minimum Gasteiger partial charge on any atom is -0.396 e. The molecule has 0 unspecified atom stereocenters. The van der Waals surface area contributed by atoms with Crippen LogP contribution in [0.3, 0.4) is 0 Å². The zero-order valence-electron chi connectivity index (χ0n) is 14.3. The largest absolute Gasteiger partial charge is 0.396 e. The molecule has 0 bridgehead atoms. The van der Waals surface area contributed by atoms with E-state index < -0.39 is 6.10 Å². The summed E-state index contributed by atoms with van der Waals surface area (Å²) in [5, 5.41) is 20.3. The zero-order chi connectivity index (χ0) is 16.3. The van der Waals surface area contributed by atoms with Crippen molar-refractivity contribution in [2.75, 3.05) is 19.7 Å². The Labute approximate surface area is 144 Å². The van der Waals surface area contributed by atoms with Crippen molar-refractivity contribution in [3.05, 3.63) is 21.9 Å². The molecule has 23 heavy (non-hydrogen) atoms. The van der Waals surface area contributed by atoms with E-state index in [1.165, 1.54) is 30.6 Å². The Morgan fingerprint density at radius 1 is 1.30 bits per heavy atom. The molecule has 0 aromatic carbocycles. The summed E-state index contributed by atoms with van der Waals surface area (Å²) in [5.41, 5.74) is -0.268. The first-order valence-electron chi connectivity index (χ1n) is 9.27. The molecule has 130 valence electrons. The molecule has 4 heteroatoms. The van der Waals surface area contributed by atoms with Gasteiger partial charge in [-0.05, 0) is 50.3 Å². The van der Waals surface area contributed by atoms with Gasteiger partial charge in [-0.25, -0.2) is 0 Å². The van der Waals surface area contributed by atoms with Crippen LogP contribution in [0.5, 0.6) is 0 Å². The van der Waals surface area contributed by atoms with Gasteiger partial charge in [-0.1, -0.05) is 26.2 Å². The number of likely N-dealkylation sites (tertiary alicyclic amines) is 1. The standard InChI is InChI=1S/C19H31NO2S/c1-2-9-19(14-21)10-11-20(13-18(19)22)12-16-7-8-17(23-16)15-5-3-4-6-15/h7-8,15,18,21-22H,2-6,9-14H2,1H3/t18-,19+/m0/s1. The second-order valence-electron chi connectivity index (χ2n) is 7.56. The Kier molecular flexibility index (Phi) is 5.78. The second kappa shape index (κ2) is 7.64. The Hall–Kier alpha value is -0.420. The third-order valence-corrected chi connectivity index (χ3v) is 7.18. The molecule has 2 heterocycles. The van der Waals surface area contributed by atoms with Crippen LogP contribution >= 0.6 is 11.3 Å². The highest BCUT2D eigenvalue weighted by atomic mass is 32.1. The highest BCUT2D eigenvalue weighted by Crippen LogP contribution is 2.39. The van der Waals surface area contributed by atoms with Crippen LogP contribution in [0.15, 0.2) is 12.1 Å². The van der Waals surface area contributed by atoms with E-state index >= 15 is 0 Å². The van der Waals surface area contributed by atoms with Gasteiger partial charge in [0.1, 0.15) is 0 Å². The van der Waals surface area contributed by atoms with Crippen molar-refractivity contribution in [3.63, 3.8) is 0 Å². The van der Waals surface area contributed by atoms with Crippen molar-refractivity contribution in [2.24, 2.45) is 5.41 Å². The maximum atomic E-state index is 10.6. The third-order valence-electron chi connectivity index (χ3n) is 5.95. The Balaban J connectivity index is 1.57. The number of aliphatic hydroxyl groups excluding tert-OH is 2. The summed E-state index contributed by atoms with van der Waals surface area (Å²) < 4.78 is 0. The van der Waals surface area contributed by atoms with Gasteiger partial charge >= 0.3 is 0 Å². The average molecular weight is 338 g/mol. The van der Waals surface area contributed by atoms with Gasteiger partial charge in [-0.15, -0.1) is 11.3 Å². The van der Waals surface area contributed by atoms with E-state index in [1.54, 1.807) is 4.88 Å². The van der Waals surface area contributed by atoms with Gasteiger partial charge in [0.25, 0.3) is 0 Å². The Bertz CT molecular complexity index is 497. The van der Waals surface area contributed by atoms with Crippen LogP contribution in [0.4, 0.5) is 0 Å². The second-order valence-corrected chi connectivity index (χ2v) is 8.76. The van der Waals surface area contributed by atoms with Gasteiger partial charge in [-0.2, -0.15) is 0 Å². The summed E-state index contributed by atoms with van der Waals surface area (Å²) in [6, 6.07) is 4.61. The number of piperidine rings is 1. The summed E-state index contributed by atoms with van der Waals surface area (Å²) in [4.78, 5) is 5.34. The zero-order valence-corrected chi connectivity index (χ0v) is 15.2. The molecule has 2 N–H and O–H groups in total. The fourth-order valence-electron chi connectivity index (χ4n) is 4.40. The van der Waals surface area contributed by atoms with Crippen LogP contribution in [-0.2, 0) is 6.54 Å². The molecule has 1 saturated carbocycles. The Morgan fingerprint density at radius 3 is 2.74 bits per heavy atom. The molecular weight excluding hydrogens is 306 g/mol. The number of thiophene rings is 1. The van der Waals surface area contributed by atoms with Crippen molar-refractivity contribution in [3.8, 4) is 0 Å².